The Bertz CT molecular complexity index is 1160. The summed E-state index contributed by atoms with van der Waals surface area (Å²) in [4.78, 5) is 49.9. The molecule has 0 aliphatic carbocycles. The first kappa shape index (κ1) is 24.5. The molecule has 0 aromatic heterocycles. The van der Waals surface area contributed by atoms with Gasteiger partial charge in [0, 0.05) is 37.9 Å². The highest BCUT2D eigenvalue weighted by Gasteiger charge is 2.40. The smallest absolute Gasteiger partial charge is 0.407 e. The molecule has 3 heterocycles. The van der Waals surface area contributed by atoms with E-state index in [1.54, 1.807) is 6.07 Å². The molecule has 1 atom stereocenters. The first-order valence-corrected chi connectivity index (χ1v) is 11.7. The maximum atomic E-state index is 15.2. The number of alkyl carbamates (subject to hydrolysis) is 1. The number of nitrogens with zero attached hydrogens (tertiary/aromatic N) is 3. The fourth-order valence-electron chi connectivity index (χ4n) is 4.46. The summed E-state index contributed by atoms with van der Waals surface area (Å²) in [6.45, 7) is 6.92. The molecule has 0 saturated carbocycles. The van der Waals surface area contributed by atoms with Crippen LogP contribution in [0.5, 0.6) is 0 Å². The van der Waals surface area contributed by atoms with Crippen molar-refractivity contribution >= 4 is 35.2 Å². The van der Waals surface area contributed by atoms with Crippen LogP contribution in [0.3, 0.4) is 0 Å². The normalized spacial score (nSPS) is 19.8. The fourth-order valence-corrected chi connectivity index (χ4v) is 4.46. The number of hydrogen-bond acceptors (Lipinski definition) is 6. The van der Waals surface area contributed by atoms with Gasteiger partial charge in [0.15, 0.2) is 12.3 Å². The van der Waals surface area contributed by atoms with Gasteiger partial charge < -0.3 is 15.0 Å². The van der Waals surface area contributed by atoms with Crippen LogP contribution in [0.15, 0.2) is 17.2 Å². The van der Waals surface area contributed by atoms with Crippen molar-refractivity contribution in [2.75, 3.05) is 13.2 Å². The molecule has 0 spiro atoms. The lowest BCUT2D eigenvalue weighted by Gasteiger charge is -2.29. The number of piperidine rings is 1. The Balaban J connectivity index is 1.33. The summed E-state index contributed by atoms with van der Waals surface area (Å²) in [5, 5.41) is 9.20. The van der Waals surface area contributed by atoms with Crippen molar-refractivity contribution in [2.45, 2.75) is 59.2 Å². The van der Waals surface area contributed by atoms with Gasteiger partial charge in [-0.25, -0.2) is 9.18 Å². The minimum atomic E-state index is -0.820. The van der Waals surface area contributed by atoms with Gasteiger partial charge in [-0.1, -0.05) is 30.7 Å². The molecule has 3 aliphatic heterocycles. The van der Waals surface area contributed by atoms with Gasteiger partial charge in [0.05, 0.1) is 12.0 Å². The number of nitrogens with one attached hydrogen (secondary N) is 2. The van der Waals surface area contributed by atoms with Crippen molar-refractivity contribution in [3.8, 4) is 0 Å². The number of halogens is 1. The highest BCUT2D eigenvalue weighted by molar-refractivity contribution is 6.06. The molecule has 3 aliphatic rings. The lowest BCUT2D eigenvalue weighted by atomic mass is 10.0. The molecule has 1 unspecified atom stereocenters. The summed E-state index contributed by atoms with van der Waals surface area (Å²) >= 11 is 0. The van der Waals surface area contributed by atoms with Crippen LogP contribution in [-0.4, -0.2) is 64.0 Å². The molecular formula is C24H29FN5O5+. The van der Waals surface area contributed by atoms with Gasteiger partial charge in [-0.05, 0) is 17.1 Å². The molecule has 4 rings (SSSR count). The Hall–Kier alpha value is -3.63. The van der Waals surface area contributed by atoms with Crippen molar-refractivity contribution < 1.29 is 33.0 Å². The number of imide groups is 1. The zero-order valence-corrected chi connectivity index (χ0v) is 20.0. The molecule has 1 aromatic rings. The third kappa shape index (κ3) is 5.23. The molecule has 186 valence electrons. The predicted octanol–water partition coefficient (Wildman–Crippen LogP) is 1.70. The number of carbonyl (C=O) groups excluding carboxylic acids is 4. The monoisotopic (exact) mass is 486 g/mol. The third-order valence-electron chi connectivity index (χ3n) is 6.20. The maximum Gasteiger partial charge on any atom is 0.407 e. The topological polar surface area (TPSA) is 120 Å². The highest BCUT2D eigenvalue weighted by atomic mass is 19.1. The van der Waals surface area contributed by atoms with E-state index < -0.39 is 29.8 Å². The van der Waals surface area contributed by atoms with Gasteiger partial charge in [-0.3, -0.25) is 19.7 Å². The fraction of sp³-hybridized carbons (Fsp3) is 0.500. The quantitative estimate of drug-likeness (QED) is 0.449. The second kappa shape index (κ2) is 9.93. The molecule has 4 amide bonds. The summed E-state index contributed by atoms with van der Waals surface area (Å²) < 4.78 is 22.3. The molecule has 0 bridgehead atoms. The van der Waals surface area contributed by atoms with E-state index in [-0.39, 0.29) is 49.6 Å². The first-order chi connectivity index (χ1) is 16.6. The first-order valence-electron chi connectivity index (χ1n) is 11.7. The minimum absolute atomic E-state index is 0.0316. The van der Waals surface area contributed by atoms with E-state index >= 15 is 4.39 Å². The van der Waals surface area contributed by atoms with E-state index in [1.165, 1.54) is 11.0 Å². The summed E-state index contributed by atoms with van der Waals surface area (Å²) in [7, 11) is 0. The maximum absolute atomic E-state index is 15.2. The van der Waals surface area contributed by atoms with Crippen molar-refractivity contribution in [3.63, 3.8) is 0 Å². The largest absolute Gasteiger partial charge is 0.443 e. The minimum Gasteiger partial charge on any atom is -0.443 e. The number of benzene rings is 1. The zero-order chi connectivity index (χ0) is 25.3. The Kier molecular flexibility index (Phi) is 6.95. The van der Waals surface area contributed by atoms with Crippen LogP contribution in [0, 0.1) is 11.7 Å². The lowest BCUT2D eigenvalue weighted by molar-refractivity contribution is -0.536. The van der Waals surface area contributed by atoms with Gasteiger partial charge in [0.25, 0.3) is 5.91 Å². The SMILES string of the molecule is CC1=[N+](CC(C)C)N=C(COC(=O)NCc2ccc3c(c2F)C(=O)N(C2CCC(=O)NC2=O)C3)C1. The molecule has 2 N–H and O–H groups in total. The molecule has 1 aromatic carbocycles. The van der Waals surface area contributed by atoms with Crippen LogP contribution in [0.25, 0.3) is 0 Å². The van der Waals surface area contributed by atoms with Crippen molar-refractivity contribution in [2.24, 2.45) is 11.0 Å². The summed E-state index contributed by atoms with van der Waals surface area (Å²) in [5.74, 6) is -1.84. The van der Waals surface area contributed by atoms with Gasteiger partial charge in [0.2, 0.25) is 11.8 Å². The van der Waals surface area contributed by atoms with Crippen molar-refractivity contribution in [1.82, 2.24) is 15.5 Å². The average molecular weight is 487 g/mol. The van der Waals surface area contributed by atoms with Crippen molar-refractivity contribution in [1.29, 1.82) is 0 Å². The molecule has 35 heavy (non-hydrogen) atoms. The van der Waals surface area contributed by atoms with Gasteiger partial charge in [-0.15, -0.1) is 0 Å². The van der Waals surface area contributed by atoms with E-state index in [2.05, 4.69) is 29.6 Å². The van der Waals surface area contributed by atoms with Gasteiger partial charge >= 0.3 is 6.09 Å². The predicted molar refractivity (Wildman–Crippen MR) is 123 cm³/mol. The molecule has 1 saturated heterocycles. The summed E-state index contributed by atoms with van der Waals surface area (Å²) in [6.07, 6.45) is 0.231. The van der Waals surface area contributed by atoms with E-state index in [1.807, 2.05) is 11.6 Å². The summed E-state index contributed by atoms with van der Waals surface area (Å²) in [5.41, 5.74) is 2.30. The summed E-state index contributed by atoms with van der Waals surface area (Å²) in [6, 6.07) is 2.29. The Morgan fingerprint density at radius 2 is 2.11 bits per heavy atom. The van der Waals surface area contributed by atoms with Crippen molar-refractivity contribution in [3.05, 3.63) is 34.6 Å². The second-order valence-electron chi connectivity index (χ2n) is 9.46. The number of fused-ring (bicyclic) bond motifs is 1. The number of carbonyl (C=O) groups is 4. The molecule has 10 nitrogen and oxygen atoms in total. The molecule has 11 heteroatoms. The highest BCUT2D eigenvalue weighted by Crippen LogP contribution is 2.30. The number of ether oxygens (including phenoxy) is 1. The number of amides is 4. The average Bonchev–Trinajstić information content (AvgIpc) is 3.31. The number of hydrazone groups is 1. The zero-order valence-electron chi connectivity index (χ0n) is 20.0. The van der Waals surface area contributed by atoms with E-state index in [4.69, 9.17) is 4.74 Å². The molecule has 0 radical (unpaired) electrons. The van der Waals surface area contributed by atoms with Crippen LogP contribution in [-0.2, 0) is 27.4 Å². The molecular weight excluding hydrogens is 457 g/mol. The number of hydrogen-bond donors (Lipinski definition) is 2. The van der Waals surface area contributed by atoms with Gasteiger partial charge in [0.1, 0.15) is 24.2 Å². The van der Waals surface area contributed by atoms with Gasteiger partial charge in [-0.2, -0.15) is 0 Å². The standard InChI is InChI=1S/C24H28FN5O5/c1-13(2)10-30-14(3)8-17(28-30)12-35-24(34)26-9-15-4-5-16-11-29(23(33)20(16)21(15)25)18-6-7-19(31)27-22(18)32/h4-5,13,18H,6-12H2,1-3H3,(H-,26,27,31,32,34)/p+1. The van der Waals surface area contributed by atoms with Crippen LogP contribution in [0.2, 0.25) is 0 Å². The van der Waals surface area contributed by atoms with E-state index in [0.717, 1.165) is 18.0 Å². The van der Waals surface area contributed by atoms with E-state index in [9.17, 15) is 19.2 Å². The van der Waals surface area contributed by atoms with Crippen LogP contribution in [0.1, 0.15) is 61.5 Å². The van der Waals surface area contributed by atoms with Crippen LogP contribution >= 0.6 is 0 Å². The van der Waals surface area contributed by atoms with E-state index in [0.29, 0.717) is 17.9 Å². The van der Waals surface area contributed by atoms with Crippen LogP contribution < -0.4 is 10.6 Å². The number of rotatable bonds is 7. The Morgan fingerprint density at radius 3 is 2.83 bits per heavy atom. The Labute approximate surface area is 202 Å². The Morgan fingerprint density at radius 1 is 1.34 bits per heavy atom. The molecule has 1 fully saturated rings. The second-order valence-corrected chi connectivity index (χ2v) is 9.46. The third-order valence-corrected chi connectivity index (χ3v) is 6.20. The van der Waals surface area contributed by atoms with Crippen LogP contribution in [0.4, 0.5) is 9.18 Å². The lowest BCUT2D eigenvalue weighted by Crippen LogP contribution is -2.52.